The van der Waals surface area contributed by atoms with Crippen molar-refractivity contribution in [2.45, 2.75) is 10.1 Å². The van der Waals surface area contributed by atoms with Crippen molar-refractivity contribution in [3.05, 3.63) is 53.3 Å². The van der Waals surface area contributed by atoms with Crippen LogP contribution < -0.4 is 4.72 Å². The van der Waals surface area contributed by atoms with Gasteiger partial charge in [-0.2, -0.15) is 4.68 Å². The van der Waals surface area contributed by atoms with Crippen LogP contribution in [0.15, 0.2) is 52.5 Å². The summed E-state index contributed by atoms with van der Waals surface area (Å²) in [5.74, 6) is -0.929. The SMILES string of the molecule is CSc1nnnn1-c1cccc(NS(=O)(=O)c2ccc(Cl)cc2F)c1. The molecule has 0 atom stereocenters. The summed E-state index contributed by atoms with van der Waals surface area (Å²) < 4.78 is 42.5. The molecule has 0 radical (unpaired) electrons. The average molecular weight is 400 g/mol. The Hall–Kier alpha value is -2.17. The van der Waals surface area contributed by atoms with Gasteiger partial charge in [-0.3, -0.25) is 4.72 Å². The molecule has 0 amide bonds. The molecule has 1 N–H and O–H groups in total. The summed E-state index contributed by atoms with van der Waals surface area (Å²) in [7, 11) is -4.11. The number of halogens is 2. The third kappa shape index (κ3) is 3.75. The van der Waals surface area contributed by atoms with E-state index in [-0.39, 0.29) is 10.7 Å². The van der Waals surface area contributed by atoms with Crippen LogP contribution in [0.3, 0.4) is 0 Å². The van der Waals surface area contributed by atoms with E-state index in [2.05, 4.69) is 20.2 Å². The van der Waals surface area contributed by atoms with Crippen LogP contribution in [-0.2, 0) is 10.0 Å². The summed E-state index contributed by atoms with van der Waals surface area (Å²) in [6.45, 7) is 0. The highest BCUT2D eigenvalue weighted by Crippen LogP contribution is 2.23. The number of nitrogens with one attached hydrogen (secondary N) is 1. The van der Waals surface area contributed by atoms with E-state index >= 15 is 0 Å². The van der Waals surface area contributed by atoms with Crippen LogP contribution in [-0.4, -0.2) is 34.9 Å². The molecule has 0 aliphatic rings. The molecule has 7 nitrogen and oxygen atoms in total. The second-order valence-corrected chi connectivity index (χ2v) is 7.67. The molecule has 0 fully saturated rings. The minimum absolute atomic E-state index is 0.113. The van der Waals surface area contributed by atoms with Gasteiger partial charge in [0.05, 0.1) is 11.4 Å². The summed E-state index contributed by atoms with van der Waals surface area (Å²) >= 11 is 7.00. The Labute approximate surface area is 152 Å². The molecule has 0 aliphatic heterocycles. The second-order valence-electron chi connectivity index (χ2n) is 4.81. The van der Waals surface area contributed by atoms with E-state index in [4.69, 9.17) is 11.6 Å². The number of aromatic nitrogens is 4. The highest BCUT2D eigenvalue weighted by molar-refractivity contribution is 7.98. The Kier molecular flexibility index (Phi) is 4.93. The quantitative estimate of drug-likeness (QED) is 0.663. The molecule has 0 saturated carbocycles. The topological polar surface area (TPSA) is 89.8 Å². The predicted molar refractivity (Wildman–Crippen MR) is 93.2 cm³/mol. The van der Waals surface area contributed by atoms with Gasteiger partial charge < -0.3 is 0 Å². The van der Waals surface area contributed by atoms with E-state index in [1.807, 2.05) is 6.26 Å². The summed E-state index contributed by atoms with van der Waals surface area (Å²) in [5, 5.41) is 11.9. The van der Waals surface area contributed by atoms with Crippen LogP contribution in [0.25, 0.3) is 5.69 Å². The van der Waals surface area contributed by atoms with E-state index in [9.17, 15) is 12.8 Å². The van der Waals surface area contributed by atoms with Gasteiger partial charge in [-0.25, -0.2) is 12.8 Å². The Morgan fingerprint density at radius 3 is 2.76 bits per heavy atom. The minimum atomic E-state index is -4.11. The zero-order valence-electron chi connectivity index (χ0n) is 12.7. The highest BCUT2D eigenvalue weighted by Gasteiger charge is 2.20. The lowest BCUT2D eigenvalue weighted by Gasteiger charge is -2.10. The van der Waals surface area contributed by atoms with Crippen LogP contribution in [0.1, 0.15) is 0 Å². The molecule has 25 heavy (non-hydrogen) atoms. The molecule has 2 aromatic carbocycles. The Balaban J connectivity index is 1.94. The number of benzene rings is 2. The maximum Gasteiger partial charge on any atom is 0.264 e. The molecule has 0 unspecified atom stereocenters. The first kappa shape index (κ1) is 17.6. The van der Waals surface area contributed by atoms with Crippen LogP contribution in [0.2, 0.25) is 5.02 Å². The van der Waals surface area contributed by atoms with Crippen molar-refractivity contribution < 1.29 is 12.8 Å². The van der Waals surface area contributed by atoms with Crippen LogP contribution in [0.4, 0.5) is 10.1 Å². The van der Waals surface area contributed by atoms with E-state index in [0.717, 1.165) is 12.1 Å². The van der Waals surface area contributed by atoms with Crippen molar-refractivity contribution in [1.29, 1.82) is 0 Å². The number of rotatable bonds is 5. The van der Waals surface area contributed by atoms with Gasteiger partial charge in [0.1, 0.15) is 10.7 Å². The fourth-order valence-electron chi connectivity index (χ4n) is 2.07. The third-order valence-electron chi connectivity index (χ3n) is 3.15. The van der Waals surface area contributed by atoms with Crippen molar-refractivity contribution in [2.24, 2.45) is 0 Å². The zero-order chi connectivity index (χ0) is 18.0. The van der Waals surface area contributed by atoms with Crippen molar-refractivity contribution in [2.75, 3.05) is 11.0 Å². The molecule has 1 heterocycles. The lowest BCUT2D eigenvalue weighted by atomic mass is 10.3. The average Bonchev–Trinajstić information content (AvgIpc) is 3.03. The van der Waals surface area contributed by atoms with Crippen molar-refractivity contribution in [3.63, 3.8) is 0 Å². The standard InChI is InChI=1S/C14H11ClFN5O2S2/c1-24-14-17-19-20-21(14)11-4-2-3-10(8-11)18-25(22,23)13-6-5-9(15)7-12(13)16/h2-8,18H,1H3. The first-order valence-corrected chi connectivity index (χ1v) is 9.90. The van der Waals surface area contributed by atoms with E-state index in [0.29, 0.717) is 10.8 Å². The monoisotopic (exact) mass is 399 g/mol. The molecule has 0 saturated heterocycles. The maximum atomic E-state index is 13.9. The lowest BCUT2D eigenvalue weighted by molar-refractivity contribution is 0.570. The predicted octanol–water partition coefficient (Wildman–Crippen LogP) is 2.98. The molecular weight excluding hydrogens is 389 g/mol. The fraction of sp³-hybridized carbons (Fsp3) is 0.0714. The zero-order valence-corrected chi connectivity index (χ0v) is 15.1. The fourth-order valence-corrected chi connectivity index (χ4v) is 3.77. The van der Waals surface area contributed by atoms with Gasteiger partial charge >= 0.3 is 0 Å². The van der Waals surface area contributed by atoms with Gasteiger partial charge in [0.25, 0.3) is 10.0 Å². The lowest BCUT2D eigenvalue weighted by Crippen LogP contribution is -2.15. The number of tetrazole rings is 1. The number of thioether (sulfide) groups is 1. The molecule has 0 spiro atoms. The first-order valence-electron chi connectivity index (χ1n) is 6.81. The van der Waals surface area contributed by atoms with Crippen LogP contribution in [0, 0.1) is 5.82 Å². The molecule has 1 aromatic heterocycles. The normalized spacial score (nSPS) is 11.5. The molecule has 0 aliphatic carbocycles. The van der Waals surface area contributed by atoms with Crippen molar-refractivity contribution in [1.82, 2.24) is 20.2 Å². The smallest absolute Gasteiger partial charge is 0.264 e. The summed E-state index contributed by atoms with van der Waals surface area (Å²) in [6, 6.07) is 9.80. The molecular formula is C14H11ClFN5O2S2. The summed E-state index contributed by atoms with van der Waals surface area (Å²) in [5.41, 5.74) is 0.806. The first-order chi connectivity index (χ1) is 11.9. The number of sulfonamides is 1. The Bertz CT molecular complexity index is 1030. The minimum Gasteiger partial charge on any atom is -0.279 e. The molecule has 3 aromatic rings. The summed E-state index contributed by atoms with van der Waals surface area (Å²) in [6.07, 6.45) is 1.82. The van der Waals surface area contributed by atoms with E-state index in [1.54, 1.807) is 18.2 Å². The van der Waals surface area contributed by atoms with Crippen LogP contribution in [0.5, 0.6) is 0 Å². The Morgan fingerprint density at radius 2 is 2.04 bits per heavy atom. The summed E-state index contributed by atoms with van der Waals surface area (Å²) in [4.78, 5) is -0.491. The van der Waals surface area contributed by atoms with Crippen LogP contribution >= 0.6 is 23.4 Å². The number of nitrogens with zero attached hydrogens (tertiary/aromatic N) is 4. The van der Waals surface area contributed by atoms with Gasteiger partial charge in [0.15, 0.2) is 0 Å². The molecule has 130 valence electrons. The molecule has 11 heteroatoms. The van der Waals surface area contributed by atoms with E-state index in [1.165, 1.54) is 28.6 Å². The van der Waals surface area contributed by atoms with Gasteiger partial charge in [0.2, 0.25) is 5.16 Å². The van der Waals surface area contributed by atoms with Gasteiger partial charge in [-0.15, -0.1) is 5.10 Å². The number of hydrogen-bond donors (Lipinski definition) is 1. The maximum absolute atomic E-state index is 13.9. The van der Waals surface area contributed by atoms with Gasteiger partial charge in [0, 0.05) is 5.02 Å². The highest BCUT2D eigenvalue weighted by atomic mass is 35.5. The van der Waals surface area contributed by atoms with Gasteiger partial charge in [-0.1, -0.05) is 29.4 Å². The third-order valence-corrected chi connectivity index (χ3v) is 5.42. The second kappa shape index (κ2) is 6.98. The molecule has 3 rings (SSSR count). The molecule has 0 bridgehead atoms. The number of hydrogen-bond acceptors (Lipinski definition) is 6. The number of anilines is 1. The van der Waals surface area contributed by atoms with Gasteiger partial charge in [-0.05, 0) is 53.1 Å². The Morgan fingerprint density at radius 1 is 1.24 bits per heavy atom. The van der Waals surface area contributed by atoms with Crippen molar-refractivity contribution in [3.8, 4) is 5.69 Å². The van der Waals surface area contributed by atoms with E-state index < -0.39 is 20.7 Å². The largest absolute Gasteiger partial charge is 0.279 e. The van der Waals surface area contributed by atoms with Crippen molar-refractivity contribution >= 4 is 39.1 Å².